The molecule has 1 aromatic rings. The standard InChI is InChI=1S/C17H24ClN3O4S/c1-3-21(4-2)26(24,25)15-12-13(7-8-14(15)18)19-16(22)9-11-20-10-5-6-17(20)23/h7-8,12H,3-6,9-11H2,1-2H3,(H,19,22). The molecule has 144 valence electrons. The van der Waals surface area contributed by atoms with Gasteiger partial charge in [0.15, 0.2) is 0 Å². The Bertz CT molecular complexity index is 778. The van der Waals surface area contributed by atoms with Gasteiger partial charge in [-0.05, 0) is 24.6 Å². The van der Waals surface area contributed by atoms with E-state index in [9.17, 15) is 18.0 Å². The van der Waals surface area contributed by atoms with Crippen molar-refractivity contribution in [3.63, 3.8) is 0 Å². The summed E-state index contributed by atoms with van der Waals surface area (Å²) in [6, 6.07) is 4.38. The molecular weight excluding hydrogens is 378 g/mol. The van der Waals surface area contributed by atoms with Gasteiger partial charge in [0, 0.05) is 44.7 Å². The zero-order valence-corrected chi connectivity index (χ0v) is 16.6. The number of carbonyl (C=O) groups excluding carboxylic acids is 2. The van der Waals surface area contributed by atoms with Crippen LogP contribution in [0.5, 0.6) is 0 Å². The molecule has 1 N–H and O–H groups in total. The second-order valence-corrected chi connectivity index (χ2v) is 8.33. The van der Waals surface area contributed by atoms with Gasteiger partial charge in [0.25, 0.3) is 0 Å². The third-order valence-corrected chi connectivity index (χ3v) is 6.85. The molecule has 9 heteroatoms. The first-order valence-corrected chi connectivity index (χ1v) is 10.5. The minimum absolute atomic E-state index is 0.0320. The van der Waals surface area contributed by atoms with Gasteiger partial charge in [0.1, 0.15) is 4.90 Å². The Morgan fingerprint density at radius 3 is 2.58 bits per heavy atom. The second-order valence-electron chi connectivity index (χ2n) is 6.02. The van der Waals surface area contributed by atoms with Gasteiger partial charge in [0.2, 0.25) is 21.8 Å². The molecule has 1 aliphatic rings. The molecule has 7 nitrogen and oxygen atoms in total. The van der Waals surface area contributed by atoms with Crippen LogP contribution in [0, 0.1) is 0 Å². The molecule has 0 saturated carbocycles. The van der Waals surface area contributed by atoms with Crippen molar-refractivity contribution in [2.45, 2.75) is 38.0 Å². The molecule has 0 atom stereocenters. The van der Waals surface area contributed by atoms with Gasteiger partial charge >= 0.3 is 0 Å². The van der Waals surface area contributed by atoms with E-state index in [0.29, 0.717) is 38.3 Å². The van der Waals surface area contributed by atoms with Crippen LogP contribution in [0.3, 0.4) is 0 Å². The lowest BCUT2D eigenvalue weighted by Crippen LogP contribution is -2.31. The lowest BCUT2D eigenvalue weighted by atomic mass is 10.3. The van der Waals surface area contributed by atoms with E-state index in [-0.39, 0.29) is 28.2 Å². The number of nitrogens with zero attached hydrogens (tertiary/aromatic N) is 2. The lowest BCUT2D eigenvalue weighted by Gasteiger charge is -2.20. The molecule has 0 bridgehead atoms. The van der Waals surface area contributed by atoms with Crippen LogP contribution in [0.1, 0.15) is 33.1 Å². The molecule has 0 aromatic heterocycles. The summed E-state index contributed by atoms with van der Waals surface area (Å²) in [7, 11) is -3.73. The summed E-state index contributed by atoms with van der Waals surface area (Å²) in [5.41, 5.74) is 0.359. The van der Waals surface area contributed by atoms with E-state index in [0.717, 1.165) is 6.42 Å². The number of benzene rings is 1. The minimum Gasteiger partial charge on any atom is -0.342 e. The molecule has 1 aromatic carbocycles. The number of anilines is 1. The Morgan fingerprint density at radius 2 is 2.00 bits per heavy atom. The first-order valence-electron chi connectivity index (χ1n) is 8.67. The first-order chi connectivity index (χ1) is 12.3. The van der Waals surface area contributed by atoms with E-state index < -0.39 is 10.0 Å². The highest BCUT2D eigenvalue weighted by atomic mass is 35.5. The third kappa shape index (κ3) is 4.75. The smallest absolute Gasteiger partial charge is 0.244 e. The van der Waals surface area contributed by atoms with Crippen LogP contribution in [-0.4, -0.2) is 55.6 Å². The number of hydrogen-bond acceptors (Lipinski definition) is 4. The third-order valence-electron chi connectivity index (χ3n) is 4.32. The van der Waals surface area contributed by atoms with E-state index in [4.69, 9.17) is 11.6 Å². The highest BCUT2D eigenvalue weighted by Gasteiger charge is 2.25. The molecule has 0 unspecified atom stereocenters. The fourth-order valence-electron chi connectivity index (χ4n) is 2.88. The molecule has 1 aliphatic heterocycles. The topological polar surface area (TPSA) is 86.8 Å². The highest BCUT2D eigenvalue weighted by molar-refractivity contribution is 7.89. The predicted molar refractivity (Wildman–Crippen MR) is 101 cm³/mol. The van der Waals surface area contributed by atoms with Crippen LogP contribution in [0.15, 0.2) is 23.1 Å². The van der Waals surface area contributed by atoms with Crippen molar-refractivity contribution in [1.82, 2.24) is 9.21 Å². The molecule has 0 radical (unpaired) electrons. The van der Waals surface area contributed by atoms with E-state index in [2.05, 4.69) is 5.32 Å². The summed E-state index contributed by atoms with van der Waals surface area (Å²) in [6.07, 6.45) is 1.52. The number of likely N-dealkylation sites (tertiary alicyclic amines) is 1. The number of halogens is 1. The summed E-state index contributed by atoms with van der Waals surface area (Å²) in [4.78, 5) is 25.3. The van der Waals surface area contributed by atoms with Gasteiger partial charge in [-0.15, -0.1) is 0 Å². The summed E-state index contributed by atoms with van der Waals surface area (Å²) in [5.74, 6) is -0.213. The Labute approximate surface area is 159 Å². The zero-order valence-electron chi connectivity index (χ0n) is 15.0. The van der Waals surface area contributed by atoms with Gasteiger partial charge < -0.3 is 10.2 Å². The molecule has 2 rings (SSSR count). The quantitative estimate of drug-likeness (QED) is 0.724. The van der Waals surface area contributed by atoms with Gasteiger partial charge in [-0.2, -0.15) is 4.31 Å². The van der Waals surface area contributed by atoms with Gasteiger partial charge in [0.05, 0.1) is 5.02 Å². The average molecular weight is 402 g/mol. The zero-order chi connectivity index (χ0) is 19.3. The molecule has 0 spiro atoms. The maximum Gasteiger partial charge on any atom is 0.244 e. The van der Waals surface area contributed by atoms with Gasteiger partial charge in [-0.1, -0.05) is 25.4 Å². The van der Waals surface area contributed by atoms with E-state index in [1.165, 1.54) is 16.4 Å². The van der Waals surface area contributed by atoms with Gasteiger partial charge in [-0.25, -0.2) is 8.42 Å². The van der Waals surface area contributed by atoms with Crippen molar-refractivity contribution in [2.24, 2.45) is 0 Å². The summed E-state index contributed by atoms with van der Waals surface area (Å²) < 4.78 is 26.7. The van der Waals surface area contributed by atoms with Crippen LogP contribution in [0.2, 0.25) is 5.02 Å². The Morgan fingerprint density at radius 1 is 1.31 bits per heavy atom. The predicted octanol–water partition coefficient (Wildman–Crippen LogP) is 2.32. The molecule has 1 saturated heterocycles. The molecule has 26 heavy (non-hydrogen) atoms. The van der Waals surface area contributed by atoms with Crippen molar-refractivity contribution in [1.29, 1.82) is 0 Å². The van der Waals surface area contributed by atoms with Crippen LogP contribution >= 0.6 is 11.6 Å². The molecular formula is C17H24ClN3O4S. The van der Waals surface area contributed by atoms with E-state index in [1.807, 2.05) is 0 Å². The Balaban J connectivity index is 2.09. The van der Waals surface area contributed by atoms with Gasteiger partial charge in [-0.3, -0.25) is 9.59 Å². The number of hydrogen-bond donors (Lipinski definition) is 1. The normalized spacial score (nSPS) is 14.9. The van der Waals surface area contributed by atoms with Crippen LogP contribution in [0.25, 0.3) is 0 Å². The Hall–Kier alpha value is -1.64. The van der Waals surface area contributed by atoms with E-state index in [1.54, 1.807) is 24.8 Å². The van der Waals surface area contributed by atoms with Crippen molar-refractivity contribution in [2.75, 3.05) is 31.5 Å². The first kappa shape index (κ1) is 20.7. The van der Waals surface area contributed by atoms with Crippen molar-refractivity contribution < 1.29 is 18.0 Å². The maximum absolute atomic E-state index is 12.7. The molecule has 1 heterocycles. The number of amides is 2. The maximum atomic E-state index is 12.7. The summed E-state index contributed by atoms with van der Waals surface area (Å²) in [5, 5.41) is 2.79. The number of nitrogens with one attached hydrogen (secondary N) is 1. The summed E-state index contributed by atoms with van der Waals surface area (Å²) in [6.45, 7) is 5.20. The SMILES string of the molecule is CCN(CC)S(=O)(=O)c1cc(NC(=O)CCN2CCCC2=O)ccc1Cl. The molecule has 1 fully saturated rings. The number of carbonyl (C=O) groups is 2. The number of rotatable bonds is 8. The van der Waals surface area contributed by atoms with E-state index >= 15 is 0 Å². The number of sulfonamides is 1. The monoisotopic (exact) mass is 401 g/mol. The Kier molecular flexibility index (Phi) is 7.02. The minimum atomic E-state index is -3.73. The second kappa shape index (κ2) is 8.83. The lowest BCUT2D eigenvalue weighted by molar-refractivity contribution is -0.128. The van der Waals surface area contributed by atoms with Crippen molar-refractivity contribution in [3.05, 3.63) is 23.2 Å². The molecule has 2 amide bonds. The highest BCUT2D eigenvalue weighted by Crippen LogP contribution is 2.27. The fraction of sp³-hybridized carbons (Fsp3) is 0.529. The van der Waals surface area contributed by atoms with Crippen LogP contribution in [0.4, 0.5) is 5.69 Å². The largest absolute Gasteiger partial charge is 0.342 e. The fourth-order valence-corrected chi connectivity index (χ4v) is 4.84. The van der Waals surface area contributed by atoms with Crippen LogP contribution in [-0.2, 0) is 19.6 Å². The average Bonchev–Trinajstić information content (AvgIpc) is 3.00. The van der Waals surface area contributed by atoms with Crippen LogP contribution < -0.4 is 5.32 Å². The van der Waals surface area contributed by atoms with Crippen molar-refractivity contribution >= 4 is 39.1 Å². The summed E-state index contributed by atoms with van der Waals surface area (Å²) >= 11 is 6.08. The molecule has 0 aliphatic carbocycles. The van der Waals surface area contributed by atoms with Crippen molar-refractivity contribution in [3.8, 4) is 0 Å².